The molecule has 0 aliphatic heterocycles. The minimum absolute atomic E-state index is 0.00620. The molecule has 9 nitrogen and oxygen atoms in total. The minimum atomic E-state index is -4.51. The molecule has 1 aromatic heterocycles. The standard InChI is InChI=1S/C25H32F3N3O6S2/c1-16-8-10-18(11-9-16)31(12-13-37-15-17-6-4-5-7-19(17)25(26,27)28)23(34)30-22-29-14-20(38-22)39(35,36)24(2,3)21(32)33/h4-7,14,16,18H,8-13,15H2,1-3H3,(H,32,33)(H,29,30,34). The number of carbonyl (C=O) groups excluding carboxylic acids is 1. The van der Waals surface area contributed by atoms with Crippen molar-refractivity contribution in [1.82, 2.24) is 9.88 Å². The number of amides is 2. The number of anilines is 1. The fraction of sp³-hybridized carbons (Fsp3) is 0.560. The van der Waals surface area contributed by atoms with Crippen molar-refractivity contribution in [2.75, 3.05) is 18.5 Å². The average molecular weight is 592 g/mol. The molecule has 0 atom stereocenters. The van der Waals surface area contributed by atoms with Gasteiger partial charge in [-0.1, -0.05) is 36.5 Å². The normalized spacial score (nSPS) is 18.5. The number of aliphatic carboxylic acids is 1. The fourth-order valence-electron chi connectivity index (χ4n) is 4.24. The molecule has 0 bridgehead atoms. The van der Waals surface area contributed by atoms with Crippen LogP contribution in [0.15, 0.2) is 34.7 Å². The van der Waals surface area contributed by atoms with Gasteiger partial charge in [0.1, 0.15) is 4.21 Å². The van der Waals surface area contributed by atoms with Gasteiger partial charge < -0.3 is 14.7 Å². The number of rotatable bonds is 10. The molecule has 216 valence electrons. The number of hydrogen-bond donors (Lipinski definition) is 2. The van der Waals surface area contributed by atoms with E-state index in [4.69, 9.17) is 4.74 Å². The number of carboxylic acid groups (broad SMARTS) is 1. The van der Waals surface area contributed by atoms with Crippen molar-refractivity contribution >= 4 is 38.3 Å². The van der Waals surface area contributed by atoms with Crippen LogP contribution < -0.4 is 5.32 Å². The number of nitrogens with zero attached hydrogens (tertiary/aromatic N) is 2. The number of nitrogens with one attached hydrogen (secondary N) is 1. The number of halogens is 3. The van der Waals surface area contributed by atoms with Crippen LogP contribution in [0.5, 0.6) is 0 Å². The Balaban J connectivity index is 1.70. The Morgan fingerprint density at radius 2 is 1.82 bits per heavy atom. The molecule has 2 N–H and O–H groups in total. The number of ether oxygens (including phenoxy) is 1. The van der Waals surface area contributed by atoms with Crippen LogP contribution in [0.1, 0.15) is 57.6 Å². The topological polar surface area (TPSA) is 126 Å². The Morgan fingerprint density at radius 3 is 2.44 bits per heavy atom. The Labute approximate surface area is 229 Å². The summed E-state index contributed by atoms with van der Waals surface area (Å²) in [6.45, 7) is 4.07. The molecule has 0 unspecified atom stereocenters. The van der Waals surface area contributed by atoms with E-state index in [9.17, 15) is 36.3 Å². The second-order valence-corrected chi connectivity index (χ2v) is 13.8. The highest BCUT2D eigenvalue weighted by atomic mass is 32.2. The molecule has 1 fully saturated rings. The molecular formula is C25H32F3N3O6S2. The number of hydrogen-bond acceptors (Lipinski definition) is 7. The van der Waals surface area contributed by atoms with Crippen LogP contribution in [0.3, 0.4) is 0 Å². The first-order valence-electron chi connectivity index (χ1n) is 12.4. The van der Waals surface area contributed by atoms with Gasteiger partial charge >= 0.3 is 18.2 Å². The molecule has 14 heteroatoms. The van der Waals surface area contributed by atoms with Crippen molar-refractivity contribution in [3.63, 3.8) is 0 Å². The molecule has 2 amide bonds. The van der Waals surface area contributed by atoms with Crippen LogP contribution in [-0.2, 0) is 32.2 Å². The van der Waals surface area contributed by atoms with Gasteiger partial charge in [0.2, 0.25) is 9.84 Å². The molecule has 3 rings (SSSR count). The van der Waals surface area contributed by atoms with Gasteiger partial charge in [-0.2, -0.15) is 13.2 Å². The first kappa shape index (κ1) is 30.8. The third-order valence-corrected chi connectivity index (χ3v) is 10.7. The number of aromatic nitrogens is 1. The van der Waals surface area contributed by atoms with Crippen molar-refractivity contribution in [1.29, 1.82) is 0 Å². The monoisotopic (exact) mass is 591 g/mol. The third-order valence-electron chi connectivity index (χ3n) is 6.89. The van der Waals surface area contributed by atoms with Gasteiger partial charge in [-0.25, -0.2) is 18.2 Å². The van der Waals surface area contributed by atoms with E-state index < -0.39 is 38.3 Å². The van der Waals surface area contributed by atoms with Crippen molar-refractivity contribution in [3.8, 4) is 0 Å². The second-order valence-electron chi connectivity index (χ2n) is 10.0. The van der Waals surface area contributed by atoms with Crippen LogP contribution in [0.4, 0.5) is 23.1 Å². The van der Waals surface area contributed by atoms with E-state index >= 15 is 0 Å². The smallest absolute Gasteiger partial charge is 0.416 e. The fourth-order valence-corrected chi connectivity index (χ4v) is 7.01. The molecule has 1 saturated carbocycles. The lowest BCUT2D eigenvalue weighted by molar-refractivity contribution is -0.139. The van der Waals surface area contributed by atoms with Crippen molar-refractivity contribution in [2.45, 2.75) is 74.2 Å². The van der Waals surface area contributed by atoms with Crippen LogP contribution in [0, 0.1) is 5.92 Å². The van der Waals surface area contributed by atoms with E-state index in [0.717, 1.165) is 51.8 Å². The summed E-state index contributed by atoms with van der Waals surface area (Å²) < 4.78 is 68.5. The quantitative estimate of drug-likeness (QED) is 0.353. The molecule has 0 spiro atoms. The van der Waals surface area contributed by atoms with Crippen LogP contribution in [-0.4, -0.2) is 59.3 Å². The highest BCUT2D eigenvalue weighted by Gasteiger charge is 2.44. The summed E-state index contributed by atoms with van der Waals surface area (Å²) in [4.78, 5) is 30.2. The molecule has 1 heterocycles. The lowest BCUT2D eigenvalue weighted by atomic mass is 9.86. The molecule has 1 aliphatic rings. The first-order chi connectivity index (χ1) is 18.1. The summed E-state index contributed by atoms with van der Waals surface area (Å²) in [7, 11) is -4.27. The van der Waals surface area contributed by atoms with Crippen molar-refractivity contribution in [3.05, 3.63) is 41.6 Å². The maximum absolute atomic E-state index is 13.3. The summed E-state index contributed by atoms with van der Waals surface area (Å²) in [6, 6.07) is 4.44. The highest BCUT2D eigenvalue weighted by molar-refractivity contribution is 7.95. The Hall–Kier alpha value is -2.71. The summed E-state index contributed by atoms with van der Waals surface area (Å²) in [5, 5.41) is 11.9. The molecule has 0 radical (unpaired) electrons. The first-order valence-corrected chi connectivity index (χ1v) is 14.7. The predicted molar refractivity (Wildman–Crippen MR) is 139 cm³/mol. The molecule has 39 heavy (non-hydrogen) atoms. The molecule has 1 aliphatic carbocycles. The van der Waals surface area contributed by atoms with Gasteiger partial charge in [0.15, 0.2) is 9.88 Å². The molecule has 0 saturated heterocycles. The van der Waals surface area contributed by atoms with E-state index in [1.165, 1.54) is 23.1 Å². The minimum Gasteiger partial charge on any atom is -0.480 e. The molecule has 2 aromatic rings. The zero-order chi connectivity index (χ0) is 29.0. The van der Waals surface area contributed by atoms with E-state index in [0.29, 0.717) is 17.3 Å². The maximum atomic E-state index is 13.3. The largest absolute Gasteiger partial charge is 0.480 e. The van der Waals surface area contributed by atoms with Gasteiger partial charge in [-0.05, 0) is 57.1 Å². The van der Waals surface area contributed by atoms with Crippen LogP contribution >= 0.6 is 11.3 Å². The summed E-state index contributed by atoms with van der Waals surface area (Å²) in [5.74, 6) is -1.01. The Kier molecular flexibility index (Phi) is 9.65. The molecular weight excluding hydrogens is 559 g/mol. The average Bonchev–Trinajstić information content (AvgIpc) is 3.33. The number of carboxylic acids is 1. The summed E-state index contributed by atoms with van der Waals surface area (Å²) in [5.41, 5.74) is -0.783. The van der Waals surface area contributed by atoms with Gasteiger partial charge in [0.25, 0.3) is 0 Å². The number of urea groups is 1. The predicted octanol–water partition coefficient (Wildman–Crippen LogP) is 5.43. The maximum Gasteiger partial charge on any atom is 0.416 e. The van der Waals surface area contributed by atoms with E-state index in [1.54, 1.807) is 0 Å². The van der Waals surface area contributed by atoms with Crippen LogP contribution in [0.2, 0.25) is 0 Å². The van der Waals surface area contributed by atoms with Crippen molar-refractivity contribution in [2.24, 2.45) is 5.92 Å². The lowest BCUT2D eigenvalue weighted by Gasteiger charge is -2.36. The number of carbonyl (C=O) groups is 2. The summed E-state index contributed by atoms with van der Waals surface area (Å²) >= 11 is 0.648. The van der Waals surface area contributed by atoms with E-state index in [1.807, 2.05) is 0 Å². The Bertz CT molecular complexity index is 1270. The zero-order valence-electron chi connectivity index (χ0n) is 21.8. The Morgan fingerprint density at radius 1 is 1.18 bits per heavy atom. The number of thiazole rings is 1. The van der Waals surface area contributed by atoms with E-state index in [2.05, 4.69) is 17.2 Å². The van der Waals surface area contributed by atoms with Gasteiger partial charge in [0.05, 0.1) is 25.0 Å². The number of benzene rings is 1. The highest BCUT2D eigenvalue weighted by Crippen LogP contribution is 2.34. The second kappa shape index (κ2) is 12.2. The van der Waals surface area contributed by atoms with Gasteiger partial charge in [-0.3, -0.25) is 10.1 Å². The number of sulfone groups is 1. The van der Waals surface area contributed by atoms with Gasteiger partial charge in [-0.15, -0.1) is 0 Å². The van der Waals surface area contributed by atoms with E-state index in [-0.39, 0.29) is 40.7 Å². The number of alkyl halides is 3. The zero-order valence-corrected chi connectivity index (χ0v) is 23.5. The van der Waals surface area contributed by atoms with Crippen molar-refractivity contribution < 1.29 is 41.0 Å². The summed E-state index contributed by atoms with van der Waals surface area (Å²) in [6.07, 6.45) is -0.236. The molecule has 1 aromatic carbocycles. The van der Waals surface area contributed by atoms with Crippen LogP contribution in [0.25, 0.3) is 0 Å². The third kappa shape index (κ3) is 7.28. The lowest BCUT2D eigenvalue weighted by Crippen LogP contribution is -2.46. The van der Waals surface area contributed by atoms with Gasteiger partial charge in [0, 0.05) is 12.6 Å². The SMILES string of the molecule is CC1CCC(N(CCOCc2ccccc2C(F)(F)F)C(=O)Nc2ncc(S(=O)(=O)C(C)(C)C(=O)O)s2)CC1.